The van der Waals surface area contributed by atoms with Gasteiger partial charge in [0.05, 0.1) is 55.5 Å². The number of esters is 2. The van der Waals surface area contributed by atoms with E-state index in [-0.39, 0.29) is 20.1 Å². The molecule has 0 aliphatic heterocycles. The predicted octanol–water partition coefficient (Wildman–Crippen LogP) is 6.01. The van der Waals surface area contributed by atoms with Crippen molar-refractivity contribution >= 4 is 91.4 Å². The van der Waals surface area contributed by atoms with Crippen molar-refractivity contribution in [2.24, 2.45) is 0 Å². The van der Waals surface area contributed by atoms with Crippen molar-refractivity contribution in [1.82, 2.24) is 0 Å². The first-order valence-corrected chi connectivity index (χ1v) is 10.9. The average molecular weight is 541 g/mol. The molecule has 0 saturated heterocycles. The zero-order valence-corrected chi connectivity index (χ0v) is 19.6. The molecule has 0 unspecified atom stereocenters. The number of ether oxygens (including phenoxy) is 2. The van der Waals surface area contributed by atoms with Gasteiger partial charge in [0.25, 0.3) is 0 Å². The monoisotopic (exact) mass is 538 g/mol. The third kappa shape index (κ3) is 4.28. The summed E-state index contributed by atoms with van der Waals surface area (Å²) in [6, 6.07) is 2.12. The zero-order chi connectivity index (χ0) is 22.3. The maximum atomic E-state index is 13.5. The molecule has 6 nitrogen and oxygen atoms in total. The second-order valence-electron chi connectivity index (χ2n) is 5.20. The number of sulfone groups is 1. The SMILES string of the molecule is COC(=O)c1c(Cl)cc(Cl)c(Cl)c1S(=O)(=O)c1c(Cl)c(Cl)cc(Cl)c1C(=O)OC. The van der Waals surface area contributed by atoms with Crippen LogP contribution in [-0.2, 0) is 19.3 Å². The molecule has 0 heterocycles. The van der Waals surface area contributed by atoms with E-state index in [9.17, 15) is 18.0 Å². The molecule has 0 radical (unpaired) electrons. The molecule has 156 valence electrons. The van der Waals surface area contributed by atoms with Crippen LogP contribution < -0.4 is 0 Å². The van der Waals surface area contributed by atoms with E-state index in [1.54, 1.807) is 0 Å². The molecule has 0 aliphatic rings. The lowest BCUT2D eigenvalue weighted by Gasteiger charge is -2.17. The second kappa shape index (κ2) is 9.06. The van der Waals surface area contributed by atoms with E-state index in [4.69, 9.17) is 69.6 Å². The van der Waals surface area contributed by atoms with Gasteiger partial charge in [0, 0.05) is 0 Å². The maximum Gasteiger partial charge on any atom is 0.340 e. The van der Waals surface area contributed by atoms with Gasteiger partial charge >= 0.3 is 11.9 Å². The van der Waals surface area contributed by atoms with E-state index in [2.05, 4.69) is 9.47 Å². The van der Waals surface area contributed by atoms with E-state index in [1.807, 2.05) is 0 Å². The summed E-state index contributed by atoms with van der Waals surface area (Å²) in [6.45, 7) is 0. The number of carbonyl (C=O) groups excluding carboxylic acids is 2. The van der Waals surface area contributed by atoms with Gasteiger partial charge in [0.15, 0.2) is 0 Å². The third-order valence-corrected chi connectivity index (χ3v) is 7.86. The minimum atomic E-state index is -4.87. The van der Waals surface area contributed by atoms with Gasteiger partial charge in [-0.1, -0.05) is 69.6 Å². The van der Waals surface area contributed by atoms with Gasteiger partial charge in [-0.2, -0.15) is 0 Å². The molecule has 0 bridgehead atoms. The molecule has 0 aliphatic carbocycles. The fourth-order valence-corrected chi connectivity index (χ4v) is 6.37. The van der Waals surface area contributed by atoms with Gasteiger partial charge in [0.1, 0.15) is 9.79 Å². The summed E-state index contributed by atoms with van der Waals surface area (Å²) in [5.41, 5.74) is -1.24. The molecule has 29 heavy (non-hydrogen) atoms. The first-order chi connectivity index (χ1) is 13.4. The Morgan fingerprint density at radius 3 is 1.28 bits per heavy atom. The fraction of sp³-hybridized carbons (Fsp3) is 0.125. The topological polar surface area (TPSA) is 86.7 Å². The Kier molecular flexibility index (Phi) is 7.60. The molecule has 0 spiro atoms. The van der Waals surface area contributed by atoms with Crippen molar-refractivity contribution in [3.8, 4) is 0 Å². The van der Waals surface area contributed by atoms with Gasteiger partial charge in [-0.05, 0) is 12.1 Å². The zero-order valence-electron chi connectivity index (χ0n) is 14.3. The molecule has 2 aromatic rings. The van der Waals surface area contributed by atoms with Gasteiger partial charge in [-0.3, -0.25) is 0 Å². The average Bonchev–Trinajstić information content (AvgIpc) is 2.65. The van der Waals surface area contributed by atoms with E-state index in [1.165, 1.54) is 0 Å². The van der Waals surface area contributed by atoms with E-state index >= 15 is 0 Å². The summed E-state index contributed by atoms with van der Waals surface area (Å²) in [7, 11) is -2.86. The van der Waals surface area contributed by atoms with Crippen molar-refractivity contribution in [3.63, 3.8) is 0 Å². The lowest BCUT2D eigenvalue weighted by atomic mass is 10.2. The standard InChI is InChI=1S/C16H8Cl6O6S/c1-27-15(23)9-5(17)3-7(19)11(21)13(9)29(25,26)14-10(16(24)28-2)6(18)4-8(20)12(14)22/h3-4H,1-2H3. The Balaban J connectivity index is 3.11. The van der Waals surface area contributed by atoms with Crippen molar-refractivity contribution in [3.05, 3.63) is 53.4 Å². The first-order valence-electron chi connectivity index (χ1n) is 7.16. The highest BCUT2D eigenvalue weighted by molar-refractivity contribution is 7.92. The number of halogens is 6. The predicted molar refractivity (Wildman–Crippen MR) is 111 cm³/mol. The van der Waals surface area contributed by atoms with Crippen molar-refractivity contribution in [2.75, 3.05) is 14.2 Å². The highest BCUT2D eigenvalue weighted by Crippen LogP contribution is 2.45. The molecule has 2 rings (SSSR count). The highest BCUT2D eigenvalue weighted by atomic mass is 35.5. The molecule has 0 N–H and O–H groups in total. The highest BCUT2D eigenvalue weighted by Gasteiger charge is 2.38. The summed E-state index contributed by atoms with van der Waals surface area (Å²) in [5.74, 6) is -2.26. The fourth-order valence-electron chi connectivity index (χ4n) is 2.34. The summed E-state index contributed by atoms with van der Waals surface area (Å²) in [6.07, 6.45) is 0. The lowest BCUT2D eigenvalue weighted by Crippen LogP contribution is -2.17. The third-order valence-electron chi connectivity index (χ3n) is 3.57. The van der Waals surface area contributed by atoms with Crippen LogP contribution in [0, 0.1) is 0 Å². The minimum Gasteiger partial charge on any atom is -0.465 e. The van der Waals surface area contributed by atoms with Crippen LogP contribution in [0.5, 0.6) is 0 Å². The number of methoxy groups -OCH3 is 2. The van der Waals surface area contributed by atoms with Crippen LogP contribution in [0.15, 0.2) is 21.9 Å². The Bertz CT molecular complexity index is 1060. The number of hydrogen-bond acceptors (Lipinski definition) is 6. The minimum absolute atomic E-state index is 0.285. The molecule has 0 aromatic heterocycles. The quantitative estimate of drug-likeness (QED) is 0.348. The van der Waals surface area contributed by atoms with Crippen molar-refractivity contribution in [2.45, 2.75) is 9.79 Å². The van der Waals surface area contributed by atoms with Gasteiger partial charge < -0.3 is 9.47 Å². The Morgan fingerprint density at radius 2 is 1.00 bits per heavy atom. The largest absolute Gasteiger partial charge is 0.465 e. The summed E-state index contributed by atoms with van der Waals surface area (Å²) < 4.78 is 36.3. The Morgan fingerprint density at radius 1 is 0.690 bits per heavy atom. The molecular weight excluding hydrogens is 533 g/mol. The van der Waals surface area contributed by atoms with Crippen LogP contribution in [0.25, 0.3) is 0 Å². The normalized spacial score (nSPS) is 11.3. The van der Waals surface area contributed by atoms with Crippen LogP contribution in [-0.4, -0.2) is 34.6 Å². The smallest absolute Gasteiger partial charge is 0.340 e. The van der Waals surface area contributed by atoms with Gasteiger partial charge in [-0.15, -0.1) is 0 Å². The summed E-state index contributed by atoms with van der Waals surface area (Å²) >= 11 is 36.2. The molecule has 0 amide bonds. The summed E-state index contributed by atoms with van der Waals surface area (Å²) in [4.78, 5) is 22.8. The second-order valence-corrected chi connectivity index (χ2v) is 9.41. The van der Waals surface area contributed by atoms with Crippen LogP contribution in [0.3, 0.4) is 0 Å². The molecule has 0 fully saturated rings. The molecular formula is C16H8Cl6O6S. The molecule has 13 heteroatoms. The summed E-state index contributed by atoms with van der Waals surface area (Å²) in [5, 5.41) is -2.42. The van der Waals surface area contributed by atoms with E-state index in [0.29, 0.717) is 0 Å². The maximum absolute atomic E-state index is 13.5. The van der Waals surface area contributed by atoms with Crippen LogP contribution in [0.1, 0.15) is 20.7 Å². The van der Waals surface area contributed by atoms with E-state index < -0.39 is 52.7 Å². The van der Waals surface area contributed by atoms with Gasteiger partial charge in [-0.25, -0.2) is 18.0 Å². The number of benzene rings is 2. The van der Waals surface area contributed by atoms with Crippen LogP contribution in [0.2, 0.25) is 30.1 Å². The van der Waals surface area contributed by atoms with Crippen molar-refractivity contribution < 1.29 is 27.5 Å². The van der Waals surface area contributed by atoms with Crippen LogP contribution >= 0.6 is 69.6 Å². The first kappa shape index (κ1) is 24.3. The number of hydrogen-bond donors (Lipinski definition) is 0. The lowest BCUT2D eigenvalue weighted by molar-refractivity contribution is 0.0589. The van der Waals surface area contributed by atoms with Gasteiger partial charge in [0.2, 0.25) is 9.84 Å². The van der Waals surface area contributed by atoms with Crippen LogP contribution in [0.4, 0.5) is 0 Å². The molecule has 2 aromatic carbocycles. The Labute approximate surface area is 195 Å². The number of rotatable bonds is 4. The van der Waals surface area contributed by atoms with Crippen molar-refractivity contribution in [1.29, 1.82) is 0 Å². The molecule has 0 saturated carbocycles. The molecule has 0 atom stereocenters. The number of carbonyl (C=O) groups is 2. The Hall–Kier alpha value is -0.930. The van der Waals surface area contributed by atoms with E-state index in [0.717, 1.165) is 26.4 Å².